The monoisotopic (exact) mass is 325 g/mol. The van der Waals surface area contributed by atoms with Crippen LogP contribution in [0.2, 0.25) is 0 Å². The third-order valence-electron chi connectivity index (χ3n) is 4.28. The van der Waals surface area contributed by atoms with Gasteiger partial charge >= 0.3 is 6.03 Å². The Hall–Kier alpha value is -2.56. The van der Waals surface area contributed by atoms with E-state index >= 15 is 0 Å². The van der Waals surface area contributed by atoms with Crippen LogP contribution in [0.3, 0.4) is 0 Å². The third-order valence-corrected chi connectivity index (χ3v) is 4.28. The molecular formula is C19H23N3O2. The van der Waals surface area contributed by atoms with Crippen LogP contribution in [-0.2, 0) is 6.54 Å². The number of para-hydroxylation sites is 1. The number of aromatic nitrogens is 1. The maximum Gasteiger partial charge on any atom is 0.319 e. The molecule has 0 unspecified atom stereocenters. The smallest absolute Gasteiger partial charge is 0.319 e. The van der Waals surface area contributed by atoms with Gasteiger partial charge in [-0.3, -0.25) is 4.98 Å². The first-order valence-corrected chi connectivity index (χ1v) is 8.42. The Morgan fingerprint density at radius 1 is 1.25 bits per heavy atom. The summed E-state index contributed by atoms with van der Waals surface area (Å²) in [5.41, 5.74) is 2.68. The van der Waals surface area contributed by atoms with Gasteiger partial charge in [0.05, 0.1) is 6.10 Å². The van der Waals surface area contributed by atoms with E-state index in [-0.39, 0.29) is 6.03 Å². The number of ether oxygens (including phenoxy) is 1. The van der Waals surface area contributed by atoms with E-state index in [4.69, 9.17) is 4.74 Å². The average Bonchev–Trinajstić information content (AvgIpc) is 3.09. The van der Waals surface area contributed by atoms with Crippen LogP contribution in [0.25, 0.3) is 0 Å². The molecule has 2 amide bonds. The number of hydrogen-bond donors (Lipinski definition) is 2. The third kappa shape index (κ3) is 4.25. The van der Waals surface area contributed by atoms with Crippen molar-refractivity contribution in [1.82, 2.24) is 10.3 Å². The van der Waals surface area contributed by atoms with Crippen molar-refractivity contribution in [2.24, 2.45) is 0 Å². The summed E-state index contributed by atoms with van der Waals surface area (Å²) in [5, 5.41) is 5.73. The zero-order valence-electron chi connectivity index (χ0n) is 13.9. The number of nitrogens with one attached hydrogen (secondary N) is 2. The van der Waals surface area contributed by atoms with Gasteiger partial charge in [-0.1, -0.05) is 18.2 Å². The number of hydrogen-bond acceptors (Lipinski definition) is 3. The van der Waals surface area contributed by atoms with E-state index in [1.807, 2.05) is 31.2 Å². The van der Waals surface area contributed by atoms with Gasteiger partial charge in [0, 0.05) is 30.2 Å². The Bertz CT molecular complexity index is 697. The van der Waals surface area contributed by atoms with E-state index < -0.39 is 0 Å². The molecule has 1 aromatic carbocycles. The van der Waals surface area contributed by atoms with Crippen molar-refractivity contribution in [1.29, 1.82) is 0 Å². The van der Waals surface area contributed by atoms with Gasteiger partial charge in [0.15, 0.2) is 0 Å². The van der Waals surface area contributed by atoms with E-state index in [1.54, 1.807) is 18.5 Å². The standard InChI is InChI=1S/C19H23N3O2/c1-14-12-20-11-10-17(14)22-19(23)21-13-15-6-2-5-9-18(15)24-16-7-3-4-8-16/h2,5-6,9-12,16H,3-4,7-8,13H2,1H3,(H2,20,21,22,23). The maximum atomic E-state index is 12.1. The Kier molecular flexibility index (Phi) is 5.31. The van der Waals surface area contributed by atoms with Crippen LogP contribution in [0.1, 0.15) is 36.8 Å². The zero-order valence-corrected chi connectivity index (χ0v) is 13.9. The number of carbonyl (C=O) groups is 1. The van der Waals surface area contributed by atoms with Gasteiger partial charge in [0.1, 0.15) is 5.75 Å². The van der Waals surface area contributed by atoms with Gasteiger partial charge in [-0.25, -0.2) is 4.79 Å². The fourth-order valence-corrected chi connectivity index (χ4v) is 2.91. The van der Waals surface area contributed by atoms with E-state index in [0.717, 1.165) is 35.4 Å². The van der Waals surface area contributed by atoms with Gasteiger partial charge in [-0.05, 0) is 50.3 Å². The van der Waals surface area contributed by atoms with Crippen LogP contribution in [0.5, 0.6) is 5.75 Å². The highest BCUT2D eigenvalue weighted by atomic mass is 16.5. The Morgan fingerprint density at radius 2 is 2.04 bits per heavy atom. The molecule has 1 aliphatic carbocycles. The maximum absolute atomic E-state index is 12.1. The highest BCUT2D eigenvalue weighted by Crippen LogP contribution is 2.26. The predicted molar refractivity (Wildman–Crippen MR) is 94.2 cm³/mol. The lowest BCUT2D eigenvalue weighted by Crippen LogP contribution is -2.28. The zero-order chi connectivity index (χ0) is 16.8. The minimum atomic E-state index is -0.236. The van der Waals surface area contributed by atoms with Gasteiger partial charge in [-0.15, -0.1) is 0 Å². The number of aryl methyl sites for hydroxylation is 1. The van der Waals surface area contributed by atoms with E-state index in [9.17, 15) is 4.79 Å². The SMILES string of the molecule is Cc1cnccc1NC(=O)NCc1ccccc1OC1CCCC1. The van der Waals surface area contributed by atoms with Crippen molar-refractivity contribution in [2.75, 3.05) is 5.32 Å². The molecular weight excluding hydrogens is 302 g/mol. The molecule has 0 saturated heterocycles. The van der Waals surface area contributed by atoms with Crippen LogP contribution in [0.4, 0.5) is 10.5 Å². The number of benzene rings is 1. The summed E-state index contributed by atoms with van der Waals surface area (Å²) in [6, 6.07) is 9.44. The largest absolute Gasteiger partial charge is 0.490 e. The number of carbonyl (C=O) groups excluding carboxylic acids is 1. The second-order valence-electron chi connectivity index (χ2n) is 6.13. The minimum absolute atomic E-state index is 0.236. The van der Waals surface area contributed by atoms with Crippen LogP contribution in [0.15, 0.2) is 42.7 Å². The van der Waals surface area contributed by atoms with Gasteiger partial charge in [-0.2, -0.15) is 0 Å². The molecule has 1 saturated carbocycles. The minimum Gasteiger partial charge on any atom is -0.490 e. The number of amides is 2. The summed E-state index contributed by atoms with van der Waals surface area (Å²) in [6.07, 6.45) is 8.39. The molecule has 24 heavy (non-hydrogen) atoms. The van der Waals surface area contributed by atoms with Gasteiger partial charge in [0.2, 0.25) is 0 Å². The summed E-state index contributed by atoms with van der Waals surface area (Å²) in [6.45, 7) is 2.34. The van der Waals surface area contributed by atoms with Crippen LogP contribution >= 0.6 is 0 Å². The first kappa shape index (κ1) is 16.3. The fraction of sp³-hybridized carbons (Fsp3) is 0.368. The van der Waals surface area contributed by atoms with Crippen LogP contribution < -0.4 is 15.4 Å². The second-order valence-corrected chi connectivity index (χ2v) is 6.13. The summed E-state index contributed by atoms with van der Waals surface area (Å²) in [7, 11) is 0. The lowest BCUT2D eigenvalue weighted by Gasteiger charge is -2.17. The van der Waals surface area contributed by atoms with Crippen molar-refractivity contribution in [3.05, 3.63) is 53.9 Å². The van der Waals surface area contributed by atoms with E-state index in [0.29, 0.717) is 12.6 Å². The molecule has 2 aromatic rings. The normalized spacial score (nSPS) is 14.4. The molecule has 0 aliphatic heterocycles. The summed E-state index contributed by atoms with van der Waals surface area (Å²) >= 11 is 0. The molecule has 0 radical (unpaired) electrons. The topological polar surface area (TPSA) is 63.2 Å². The quantitative estimate of drug-likeness (QED) is 0.872. The number of nitrogens with zero attached hydrogens (tertiary/aromatic N) is 1. The number of urea groups is 1. The van der Waals surface area contributed by atoms with E-state index in [2.05, 4.69) is 15.6 Å². The molecule has 1 aliphatic rings. The second kappa shape index (κ2) is 7.81. The summed E-state index contributed by atoms with van der Waals surface area (Å²) < 4.78 is 6.10. The summed E-state index contributed by atoms with van der Waals surface area (Å²) in [4.78, 5) is 16.1. The molecule has 2 N–H and O–H groups in total. The molecule has 126 valence electrons. The number of pyridine rings is 1. The van der Waals surface area contributed by atoms with Crippen LogP contribution in [-0.4, -0.2) is 17.1 Å². The Morgan fingerprint density at radius 3 is 2.83 bits per heavy atom. The predicted octanol–water partition coefficient (Wildman–Crippen LogP) is 4.03. The molecule has 1 aromatic heterocycles. The lowest BCUT2D eigenvalue weighted by molar-refractivity contribution is 0.207. The van der Waals surface area contributed by atoms with Gasteiger partial charge in [0.25, 0.3) is 0 Å². The Labute approximate surface area is 142 Å². The lowest BCUT2D eigenvalue weighted by atomic mass is 10.2. The molecule has 1 fully saturated rings. The Balaban J connectivity index is 1.58. The summed E-state index contributed by atoms with van der Waals surface area (Å²) in [5.74, 6) is 0.866. The average molecular weight is 325 g/mol. The van der Waals surface area contributed by atoms with Crippen molar-refractivity contribution in [3.8, 4) is 5.75 Å². The number of rotatable bonds is 5. The molecule has 0 spiro atoms. The van der Waals surface area contributed by atoms with Crippen molar-refractivity contribution in [3.63, 3.8) is 0 Å². The molecule has 5 heteroatoms. The van der Waals surface area contributed by atoms with E-state index in [1.165, 1.54) is 12.8 Å². The molecule has 3 rings (SSSR count). The van der Waals surface area contributed by atoms with Crippen molar-refractivity contribution in [2.45, 2.75) is 45.3 Å². The molecule has 0 bridgehead atoms. The van der Waals surface area contributed by atoms with Crippen molar-refractivity contribution >= 4 is 11.7 Å². The molecule has 1 heterocycles. The molecule has 5 nitrogen and oxygen atoms in total. The van der Waals surface area contributed by atoms with Crippen molar-refractivity contribution < 1.29 is 9.53 Å². The fourth-order valence-electron chi connectivity index (χ4n) is 2.91. The highest BCUT2D eigenvalue weighted by Gasteiger charge is 2.17. The highest BCUT2D eigenvalue weighted by molar-refractivity contribution is 5.89. The van der Waals surface area contributed by atoms with Crippen LogP contribution in [0, 0.1) is 6.92 Å². The number of anilines is 1. The van der Waals surface area contributed by atoms with Gasteiger partial charge < -0.3 is 15.4 Å². The molecule has 0 atom stereocenters. The first-order valence-electron chi connectivity index (χ1n) is 8.42. The first-order chi connectivity index (χ1) is 11.7.